The molecule has 23 heavy (non-hydrogen) atoms. The predicted molar refractivity (Wildman–Crippen MR) is 91.4 cm³/mol. The standard InChI is InChI=1S/C15H13Cl2N3O3/c1-9-5-6-12(16)15(14(9)17)19-13(21)8-18-10-3-2-4-11(7-10)20(22)23/h2-7,18H,8H2,1H3,(H,19,21). The van der Waals surface area contributed by atoms with Gasteiger partial charge in [-0.2, -0.15) is 0 Å². The zero-order valence-corrected chi connectivity index (χ0v) is 13.6. The van der Waals surface area contributed by atoms with Crippen molar-refractivity contribution in [1.29, 1.82) is 0 Å². The fourth-order valence-corrected chi connectivity index (χ4v) is 2.33. The number of nitrogens with one attached hydrogen (secondary N) is 2. The number of anilines is 2. The minimum atomic E-state index is -0.502. The molecule has 2 aromatic carbocycles. The Morgan fingerprint density at radius 2 is 2.00 bits per heavy atom. The fourth-order valence-electron chi connectivity index (χ4n) is 1.87. The summed E-state index contributed by atoms with van der Waals surface area (Å²) < 4.78 is 0. The van der Waals surface area contributed by atoms with Crippen LogP contribution in [0.3, 0.4) is 0 Å². The highest BCUT2D eigenvalue weighted by Gasteiger charge is 2.12. The number of benzene rings is 2. The van der Waals surface area contributed by atoms with Crippen molar-refractivity contribution in [2.24, 2.45) is 0 Å². The Morgan fingerprint density at radius 3 is 2.70 bits per heavy atom. The van der Waals surface area contributed by atoms with Crippen LogP contribution in [-0.2, 0) is 4.79 Å². The Bertz CT molecular complexity index is 766. The van der Waals surface area contributed by atoms with Gasteiger partial charge in [0.1, 0.15) is 0 Å². The number of hydrogen-bond acceptors (Lipinski definition) is 4. The molecule has 2 N–H and O–H groups in total. The van der Waals surface area contributed by atoms with E-state index in [4.69, 9.17) is 23.2 Å². The lowest BCUT2D eigenvalue weighted by molar-refractivity contribution is -0.384. The summed E-state index contributed by atoms with van der Waals surface area (Å²) in [5.74, 6) is -0.370. The number of nitrogens with zero attached hydrogens (tertiary/aromatic N) is 1. The molecule has 2 aromatic rings. The van der Waals surface area contributed by atoms with Crippen LogP contribution in [0.5, 0.6) is 0 Å². The van der Waals surface area contributed by atoms with Gasteiger partial charge in [-0.25, -0.2) is 0 Å². The first-order valence-corrected chi connectivity index (χ1v) is 7.37. The lowest BCUT2D eigenvalue weighted by Crippen LogP contribution is -2.22. The molecule has 0 heterocycles. The third-order valence-corrected chi connectivity index (χ3v) is 3.86. The van der Waals surface area contributed by atoms with Gasteiger partial charge < -0.3 is 10.6 Å². The molecule has 0 saturated carbocycles. The summed E-state index contributed by atoms with van der Waals surface area (Å²) in [6.45, 7) is 1.72. The number of aryl methyl sites for hydroxylation is 1. The van der Waals surface area contributed by atoms with Gasteiger partial charge in [-0.1, -0.05) is 35.3 Å². The SMILES string of the molecule is Cc1ccc(Cl)c(NC(=O)CNc2cccc([N+](=O)[O-])c2)c1Cl. The number of carbonyl (C=O) groups excluding carboxylic acids is 1. The monoisotopic (exact) mass is 353 g/mol. The quantitative estimate of drug-likeness (QED) is 0.621. The maximum absolute atomic E-state index is 12.0. The summed E-state index contributed by atoms with van der Waals surface area (Å²) in [5, 5.41) is 16.9. The summed E-state index contributed by atoms with van der Waals surface area (Å²) in [6, 6.07) is 9.28. The molecule has 2 rings (SSSR count). The van der Waals surface area contributed by atoms with Crippen molar-refractivity contribution in [1.82, 2.24) is 0 Å². The van der Waals surface area contributed by atoms with Gasteiger partial charge in [-0.05, 0) is 24.6 Å². The fraction of sp³-hybridized carbons (Fsp3) is 0.133. The molecule has 6 nitrogen and oxygen atoms in total. The van der Waals surface area contributed by atoms with Crippen molar-refractivity contribution in [3.05, 3.63) is 62.1 Å². The molecule has 0 saturated heterocycles. The van der Waals surface area contributed by atoms with Crippen LogP contribution in [0.15, 0.2) is 36.4 Å². The first-order chi connectivity index (χ1) is 10.9. The molecule has 0 unspecified atom stereocenters. The van der Waals surface area contributed by atoms with Crippen LogP contribution in [0.25, 0.3) is 0 Å². The van der Waals surface area contributed by atoms with Gasteiger partial charge in [-0.3, -0.25) is 14.9 Å². The Balaban J connectivity index is 2.02. The first-order valence-electron chi connectivity index (χ1n) is 6.61. The second-order valence-electron chi connectivity index (χ2n) is 4.76. The average Bonchev–Trinajstić information content (AvgIpc) is 2.53. The maximum Gasteiger partial charge on any atom is 0.271 e. The van der Waals surface area contributed by atoms with Gasteiger partial charge in [0, 0.05) is 17.8 Å². The van der Waals surface area contributed by atoms with Gasteiger partial charge in [0.25, 0.3) is 5.69 Å². The number of rotatable bonds is 5. The maximum atomic E-state index is 12.0. The smallest absolute Gasteiger partial charge is 0.271 e. The van der Waals surface area contributed by atoms with Crippen molar-refractivity contribution in [3.8, 4) is 0 Å². The van der Waals surface area contributed by atoms with E-state index in [9.17, 15) is 14.9 Å². The molecular formula is C15H13Cl2N3O3. The van der Waals surface area contributed by atoms with Crippen LogP contribution >= 0.6 is 23.2 Å². The van der Waals surface area contributed by atoms with Gasteiger partial charge in [0.05, 0.1) is 27.2 Å². The van der Waals surface area contributed by atoms with E-state index in [0.717, 1.165) is 5.56 Å². The van der Waals surface area contributed by atoms with E-state index >= 15 is 0 Å². The molecule has 0 fully saturated rings. The van der Waals surface area contributed by atoms with E-state index in [-0.39, 0.29) is 18.1 Å². The van der Waals surface area contributed by atoms with Crippen molar-refractivity contribution in [3.63, 3.8) is 0 Å². The molecule has 0 bridgehead atoms. The predicted octanol–water partition coefficient (Wildman–Crippen LogP) is 4.26. The van der Waals surface area contributed by atoms with Gasteiger partial charge in [0.2, 0.25) is 5.91 Å². The molecule has 0 atom stereocenters. The summed E-state index contributed by atoms with van der Waals surface area (Å²) in [5.41, 5.74) is 1.55. The zero-order chi connectivity index (χ0) is 17.0. The van der Waals surface area contributed by atoms with Gasteiger partial charge in [0.15, 0.2) is 0 Å². The molecule has 0 aliphatic rings. The molecule has 0 aliphatic heterocycles. The lowest BCUT2D eigenvalue weighted by atomic mass is 10.2. The number of amides is 1. The summed E-state index contributed by atoms with van der Waals surface area (Å²) in [4.78, 5) is 22.2. The van der Waals surface area contributed by atoms with E-state index in [0.29, 0.717) is 21.4 Å². The number of nitro benzene ring substituents is 1. The Labute approximate surface area is 142 Å². The molecule has 1 amide bonds. The minimum Gasteiger partial charge on any atom is -0.376 e. The van der Waals surface area contributed by atoms with Crippen molar-refractivity contribution >= 4 is 46.2 Å². The Morgan fingerprint density at radius 1 is 1.26 bits per heavy atom. The third kappa shape index (κ3) is 4.34. The van der Waals surface area contributed by atoms with E-state index < -0.39 is 4.92 Å². The van der Waals surface area contributed by atoms with Crippen molar-refractivity contribution in [2.75, 3.05) is 17.2 Å². The van der Waals surface area contributed by atoms with Crippen LogP contribution in [0.4, 0.5) is 17.1 Å². The van der Waals surface area contributed by atoms with E-state index in [1.54, 1.807) is 25.1 Å². The molecule has 0 aromatic heterocycles. The van der Waals surface area contributed by atoms with Crippen LogP contribution in [-0.4, -0.2) is 17.4 Å². The molecule has 8 heteroatoms. The number of non-ortho nitro benzene ring substituents is 1. The van der Waals surface area contributed by atoms with Crippen LogP contribution in [0.1, 0.15) is 5.56 Å². The number of nitro groups is 1. The highest BCUT2D eigenvalue weighted by atomic mass is 35.5. The highest BCUT2D eigenvalue weighted by Crippen LogP contribution is 2.32. The van der Waals surface area contributed by atoms with Gasteiger partial charge in [-0.15, -0.1) is 0 Å². The Hall–Kier alpha value is -2.31. The number of carbonyl (C=O) groups is 1. The van der Waals surface area contributed by atoms with Crippen LogP contribution in [0, 0.1) is 17.0 Å². The number of halogens is 2. The summed E-state index contributed by atoms with van der Waals surface area (Å²) in [7, 11) is 0. The molecule has 0 aliphatic carbocycles. The van der Waals surface area contributed by atoms with Crippen LogP contribution in [0.2, 0.25) is 10.0 Å². The molecular weight excluding hydrogens is 341 g/mol. The second-order valence-corrected chi connectivity index (χ2v) is 5.55. The molecule has 0 radical (unpaired) electrons. The van der Waals surface area contributed by atoms with Gasteiger partial charge >= 0.3 is 0 Å². The topological polar surface area (TPSA) is 84.3 Å². The Kier molecular flexibility index (Phi) is 5.41. The van der Waals surface area contributed by atoms with E-state index in [2.05, 4.69) is 10.6 Å². The van der Waals surface area contributed by atoms with Crippen LogP contribution < -0.4 is 10.6 Å². The van der Waals surface area contributed by atoms with E-state index in [1.807, 2.05) is 0 Å². The summed E-state index contributed by atoms with van der Waals surface area (Å²) >= 11 is 12.1. The minimum absolute atomic E-state index is 0.0554. The van der Waals surface area contributed by atoms with Crippen molar-refractivity contribution in [2.45, 2.75) is 6.92 Å². The average molecular weight is 354 g/mol. The number of hydrogen-bond donors (Lipinski definition) is 2. The second kappa shape index (κ2) is 7.30. The third-order valence-electron chi connectivity index (χ3n) is 3.06. The lowest BCUT2D eigenvalue weighted by Gasteiger charge is -2.12. The first kappa shape index (κ1) is 17.1. The zero-order valence-electron chi connectivity index (χ0n) is 12.1. The normalized spacial score (nSPS) is 10.2. The largest absolute Gasteiger partial charge is 0.376 e. The highest BCUT2D eigenvalue weighted by molar-refractivity contribution is 6.40. The molecule has 120 valence electrons. The molecule has 0 spiro atoms. The van der Waals surface area contributed by atoms with Crippen molar-refractivity contribution < 1.29 is 9.72 Å². The summed E-state index contributed by atoms with van der Waals surface area (Å²) in [6.07, 6.45) is 0. The van der Waals surface area contributed by atoms with E-state index in [1.165, 1.54) is 18.2 Å².